The predicted octanol–water partition coefficient (Wildman–Crippen LogP) is 0.740. The maximum absolute atomic E-state index is 12.0. The second-order valence-electron chi connectivity index (χ2n) is 3.54. The van der Waals surface area contributed by atoms with E-state index in [1.807, 2.05) is 0 Å². The summed E-state index contributed by atoms with van der Waals surface area (Å²) in [7, 11) is 3.02. The Morgan fingerprint density at radius 3 is 2.65 bits per heavy atom. The Labute approximate surface area is 105 Å². The van der Waals surface area contributed by atoms with Crippen molar-refractivity contribution in [3.05, 3.63) is 28.8 Å². The average Bonchev–Trinajstić information content (AvgIpc) is 2.28. The van der Waals surface area contributed by atoms with E-state index in [1.165, 1.54) is 19.0 Å². The molecule has 0 aliphatic carbocycles. The minimum Gasteiger partial charge on any atom is -0.398 e. The molecule has 0 bridgehead atoms. The van der Waals surface area contributed by atoms with Crippen molar-refractivity contribution >= 4 is 29.1 Å². The van der Waals surface area contributed by atoms with Gasteiger partial charge in [-0.1, -0.05) is 17.7 Å². The van der Waals surface area contributed by atoms with Crippen LogP contribution in [0.3, 0.4) is 0 Å². The summed E-state index contributed by atoms with van der Waals surface area (Å²) in [5.41, 5.74) is 6.21. The van der Waals surface area contributed by atoms with E-state index in [9.17, 15) is 9.59 Å². The second-order valence-corrected chi connectivity index (χ2v) is 3.95. The maximum atomic E-state index is 12.0. The van der Waals surface area contributed by atoms with Crippen LogP contribution in [0, 0.1) is 0 Å². The van der Waals surface area contributed by atoms with Crippen LogP contribution in [0.15, 0.2) is 18.2 Å². The van der Waals surface area contributed by atoms with Crippen LogP contribution in [0.4, 0.5) is 5.69 Å². The van der Waals surface area contributed by atoms with E-state index in [0.29, 0.717) is 5.69 Å². The van der Waals surface area contributed by atoms with E-state index < -0.39 is 0 Å². The summed E-state index contributed by atoms with van der Waals surface area (Å²) in [5, 5.41) is 2.71. The van der Waals surface area contributed by atoms with Gasteiger partial charge < -0.3 is 16.0 Å². The Morgan fingerprint density at radius 1 is 1.47 bits per heavy atom. The number of anilines is 1. The van der Waals surface area contributed by atoms with Crippen molar-refractivity contribution in [2.75, 3.05) is 26.4 Å². The molecule has 0 fully saturated rings. The summed E-state index contributed by atoms with van der Waals surface area (Å²) in [6.07, 6.45) is 0. The van der Waals surface area contributed by atoms with Gasteiger partial charge in [0.1, 0.15) is 0 Å². The Hall–Kier alpha value is -1.75. The highest BCUT2D eigenvalue weighted by Crippen LogP contribution is 2.23. The van der Waals surface area contributed by atoms with Gasteiger partial charge in [0.2, 0.25) is 5.91 Å². The Bertz CT molecular complexity index is 428. The van der Waals surface area contributed by atoms with Gasteiger partial charge in [-0.2, -0.15) is 0 Å². The van der Waals surface area contributed by atoms with Crippen molar-refractivity contribution in [1.82, 2.24) is 10.2 Å². The van der Waals surface area contributed by atoms with Crippen LogP contribution in [-0.2, 0) is 4.79 Å². The first-order chi connectivity index (χ1) is 7.97. The number of halogens is 1. The molecule has 0 radical (unpaired) electrons. The number of hydrogen-bond donors (Lipinski definition) is 2. The van der Waals surface area contributed by atoms with Gasteiger partial charge in [0.15, 0.2) is 0 Å². The molecule has 0 unspecified atom stereocenters. The van der Waals surface area contributed by atoms with Crippen molar-refractivity contribution in [1.29, 1.82) is 0 Å². The van der Waals surface area contributed by atoms with Gasteiger partial charge in [-0.25, -0.2) is 0 Å². The largest absolute Gasteiger partial charge is 0.398 e. The fraction of sp³-hybridized carbons (Fsp3) is 0.273. The maximum Gasteiger partial charge on any atom is 0.257 e. The third-order valence-electron chi connectivity index (χ3n) is 2.27. The molecule has 1 rings (SSSR count). The third-order valence-corrected chi connectivity index (χ3v) is 2.58. The first-order valence-corrected chi connectivity index (χ1v) is 5.35. The highest BCUT2D eigenvalue weighted by atomic mass is 35.5. The predicted molar refractivity (Wildman–Crippen MR) is 66.9 cm³/mol. The number of carbonyl (C=O) groups excluding carboxylic acids is 2. The highest BCUT2D eigenvalue weighted by molar-refractivity contribution is 6.34. The molecule has 92 valence electrons. The monoisotopic (exact) mass is 255 g/mol. The quantitative estimate of drug-likeness (QED) is 0.783. The summed E-state index contributed by atoms with van der Waals surface area (Å²) >= 11 is 5.91. The molecule has 0 heterocycles. The van der Waals surface area contributed by atoms with E-state index >= 15 is 0 Å². The number of nitrogens with one attached hydrogen (secondary N) is 1. The first-order valence-electron chi connectivity index (χ1n) is 4.97. The van der Waals surface area contributed by atoms with Gasteiger partial charge in [-0.15, -0.1) is 0 Å². The minimum absolute atomic E-state index is 0.0417. The zero-order valence-electron chi connectivity index (χ0n) is 9.66. The van der Waals surface area contributed by atoms with Crippen LogP contribution in [0.5, 0.6) is 0 Å². The summed E-state index contributed by atoms with van der Waals surface area (Å²) in [6.45, 7) is -0.0417. The van der Waals surface area contributed by atoms with Crippen LogP contribution in [0.2, 0.25) is 5.02 Å². The third kappa shape index (κ3) is 3.10. The van der Waals surface area contributed by atoms with Gasteiger partial charge in [-0.05, 0) is 12.1 Å². The molecule has 5 nitrogen and oxygen atoms in total. The number of nitrogen functional groups attached to an aromatic ring is 1. The fourth-order valence-electron chi connectivity index (χ4n) is 1.32. The molecule has 0 aliphatic heterocycles. The number of rotatable bonds is 3. The molecule has 0 saturated carbocycles. The summed E-state index contributed by atoms with van der Waals surface area (Å²) in [6, 6.07) is 4.83. The lowest BCUT2D eigenvalue weighted by Gasteiger charge is -2.17. The van der Waals surface area contributed by atoms with Gasteiger partial charge in [0.05, 0.1) is 17.1 Å². The number of nitrogens with two attached hydrogens (primary N) is 1. The minimum atomic E-state index is -0.378. The molecule has 0 saturated heterocycles. The molecule has 6 heteroatoms. The van der Waals surface area contributed by atoms with Crippen molar-refractivity contribution < 1.29 is 9.59 Å². The Morgan fingerprint density at radius 2 is 2.12 bits per heavy atom. The summed E-state index contributed by atoms with van der Waals surface area (Å²) in [5.74, 6) is -0.636. The SMILES string of the molecule is CNC(=O)CN(C)C(=O)c1c(N)cccc1Cl. The van der Waals surface area contributed by atoms with Crippen molar-refractivity contribution in [2.24, 2.45) is 0 Å². The molecule has 1 aromatic carbocycles. The standard InChI is InChI=1S/C11H14ClN3O2/c1-14-9(16)6-15(2)11(17)10-7(12)4-3-5-8(10)13/h3-5H,6,13H2,1-2H3,(H,14,16). The van der Waals surface area contributed by atoms with Crippen LogP contribution >= 0.6 is 11.6 Å². The van der Waals surface area contributed by atoms with Gasteiger partial charge in [0.25, 0.3) is 5.91 Å². The van der Waals surface area contributed by atoms with E-state index in [4.69, 9.17) is 17.3 Å². The molecule has 3 N–H and O–H groups in total. The zero-order chi connectivity index (χ0) is 13.0. The molecule has 17 heavy (non-hydrogen) atoms. The molecule has 0 aromatic heterocycles. The fourth-order valence-corrected chi connectivity index (χ4v) is 1.59. The molecule has 0 aliphatic rings. The van der Waals surface area contributed by atoms with Gasteiger partial charge in [-0.3, -0.25) is 9.59 Å². The second kappa shape index (κ2) is 5.54. The Kier molecular flexibility index (Phi) is 4.34. The number of hydrogen-bond acceptors (Lipinski definition) is 3. The van der Waals surface area contributed by atoms with E-state index in [-0.39, 0.29) is 28.9 Å². The number of nitrogens with zero attached hydrogens (tertiary/aromatic N) is 1. The first kappa shape index (κ1) is 13.3. The van der Waals surface area contributed by atoms with Crippen LogP contribution in [0.25, 0.3) is 0 Å². The Balaban J connectivity index is 2.93. The van der Waals surface area contributed by atoms with E-state index in [2.05, 4.69) is 5.32 Å². The average molecular weight is 256 g/mol. The number of carbonyl (C=O) groups is 2. The zero-order valence-corrected chi connectivity index (χ0v) is 10.4. The highest BCUT2D eigenvalue weighted by Gasteiger charge is 2.19. The molecular weight excluding hydrogens is 242 g/mol. The lowest BCUT2D eigenvalue weighted by Crippen LogP contribution is -2.37. The number of likely N-dealkylation sites (N-methyl/N-ethyl adjacent to an activating group) is 2. The molecular formula is C11H14ClN3O2. The number of amides is 2. The normalized spacial score (nSPS) is 9.82. The van der Waals surface area contributed by atoms with Crippen LogP contribution in [-0.4, -0.2) is 37.4 Å². The van der Waals surface area contributed by atoms with Crippen molar-refractivity contribution in [3.8, 4) is 0 Å². The summed E-state index contributed by atoms with van der Waals surface area (Å²) in [4.78, 5) is 24.4. The van der Waals surface area contributed by atoms with E-state index in [1.54, 1.807) is 18.2 Å². The topological polar surface area (TPSA) is 75.4 Å². The van der Waals surface area contributed by atoms with Crippen molar-refractivity contribution in [3.63, 3.8) is 0 Å². The molecule has 0 atom stereocenters. The van der Waals surface area contributed by atoms with Crippen LogP contribution in [0.1, 0.15) is 10.4 Å². The molecule has 1 aromatic rings. The lowest BCUT2D eigenvalue weighted by molar-refractivity contribution is -0.121. The van der Waals surface area contributed by atoms with Crippen LogP contribution < -0.4 is 11.1 Å². The number of benzene rings is 1. The molecule has 0 spiro atoms. The van der Waals surface area contributed by atoms with Gasteiger partial charge >= 0.3 is 0 Å². The lowest BCUT2D eigenvalue weighted by atomic mass is 10.1. The van der Waals surface area contributed by atoms with Crippen molar-refractivity contribution in [2.45, 2.75) is 0 Å². The smallest absolute Gasteiger partial charge is 0.257 e. The molecule has 2 amide bonds. The van der Waals surface area contributed by atoms with Gasteiger partial charge in [0, 0.05) is 19.8 Å². The van der Waals surface area contributed by atoms with E-state index in [0.717, 1.165) is 0 Å². The summed E-state index contributed by atoms with van der Waals surface area (Å²) < 4.78 is 0.